The van der Waals surface area contributed by atoms with Crippen molar-refractivity contribution in [2.24, 2.45) is 4.99 Å². The Bertz CT molecular complexity index is 531. The van der Waals surface area contributed by atoms with Gasteiger partial charge in [0, 0.05) is 32.4 Å². The van der Waals surface area contributed by atoms with Crippen LogP contribution in [0, 0.1) is 0 Å². The number of amides is 1. The number of hydrogen-bond donors (Lipinski definition) is 2. The van der Waals surface area contributed by atoms with Gasteiger partial charge in [-0.25, -0.2) is 4.99 Å². The average molecular weight is 304 g/mol. The molecule has 0 aromatic heterocycles. The van der Waals surface area contributed by atoms with Crippen molar-refractivity contribution in [1.82, 2.24) is 10.6 Å². The van der Waals surface area contributed by atoms with E-state index in [-0.39, 0.29) is 12.5 Å². The van der Waals surface area contributed by atoms with Gasteiger partial charge in [-0.15, -0.1) is 0 Å². The van der Waals surface area contributed by atoms with Gasteiger partial charge in [-0.3, -0.25) is 4.79 Å². The summed E-state index contributed by atoms with van der Waals surface area (Å²) < 4.78 is 5.00. The topological polar surface area (TPSA) is 66.0 Å². The van der Waals surface area contributed by atoms with E-state index in [1.165, 1.54) is 5.56 Å². The first-order chi connectivity index (χ1) is 10.8. The standard InChI is InChI=1S/C16H24N4O2/c1-3-17-16(18-9-11-22-2)19-12-15(21)20-10-8-13-6-4-5-7-14(13)20/h4-7H,3,8-12H2,1-2H3,(H2,17,18,19). The van der Waals surface area contributed by atoms with Crippen LogP contribution in [0.5, 0.6) is 0 Å². The maximum absolute atomic E-state index is 12.4. The molecule has 1 heterocycles. The quantitative estimate of drug-likeness (QED) is 0.463. The van der Waals surface area contributed by atoms with Crippen LogP contribution >= 0.6 is 0 Å². The van der Waals surface area contributed by atoms with Gasteiger partial charge >= 0.3 is 0 Å². The minimum Gasteiger partial charge on any atom is -0.383 e. The molecular weight excluding hydrogens is 280 g/mol. The zero-order valence-electron chi connectivity index (χ0n) is 13.3. The molecule has 0 fully saturated rings. The number of ether oxygens (including phenoxy) is 1. The van der Waals surface area contributed by atoms with E-state index in [0.29, 0.717) is 19.1 Å². The molecule has 1 aromatic carbocycles. The molecule has 1 amide bonds. The summed E-state index contributed by atoms with van der Waals surface area (Å²) in [6.07, 6.45) is 0.914. The second kappa shape index (κ2) is 8.38. The van der Waals surface area contributed by atoms with Gasteiger partial charge in [0.05, 0.1) is 6.61 Å². The third kappa shape index (κ3) is 4.21. The second-order valence-electron chi connectivity index (χ2n) is 5.04. The number of para-hydroxylation sites is 1. The Morgan fingerprint density at radius 2 is 2.18 bits per heavy atom. The molecule has 1 aliphatic heterocycles. The lowest BCUT2D eigenvalue weighted by molar-refractivity contribution is -0.117. The van der Waals surface area contributed by atoms with Gasteiger partial charge < -0.3 is 20.3 Å². The lowest BCUT2D eigenvalue weighted by Crippen LogP contribution is -2.40. The number of nitrogens with zero attached hydrogens (tertiary/aromatic N) is 2. The Kier molecular flexibility index (Phi) is 6.21. The monoisotopic (exact) mass is 304 g/mol. The van der Waals surface area contributed by atoms with Crippen molar-refractivity contribution in [2.75, 3.05) is 44.8 Å². The molecule has 0 atom stereocenters. The number of rotatable bonds is 6. The van der Waals surface area contributed by atoms with Crippen LogP contribution in [-0.4, -0.2) is 51.8 Å². The number of benzene rings is 1. The largest absolute Gasteiger partial charge is 0.383 e. The maximum Gasteiger partial charge on any atom is 0.248 e. The summed E-state index contributed by atoms with van der Waals surface area (Å²) in [4.78, 5) is 18.6. The van der Waals surface area contributed by atoms with E-state index in [2.05, 4.69) is 21.7 Å². The molecule has 0 unspecified atom stereocenters. The lowest BCUT2D eigenvalue weighted by Gasteiger charge is -2.17. The van der Waals surface area contributed by atoms with E-state index in [1.54, 1.807) is 7.11 Å². The van der Waals surface area contributed by atoms with Crippen molar-refractivity contribution in [1.29, 1.82) is 0 Å². The number of methoxy groups -OCH3 is 1. The van der Waals surface area contributed by atoms with Crippen LogP contribution in [0.4, 0.5) is 5.69 Å². The Labute approximate surface area is 131 Å². The Balaban J connectivity index is 1.94. The summed E-state index contributed by atoms with van der Waals surface area (Å²) >= 11 is 0. The molecule has 6 heteroatoms. The van der Waals surface area contributed by atoms with Crippen LogP contribution in [0.15, 0.2) is 29.3 Å². The first kappa shape index (κ1) is 16.3. The molecule has 0 aliphatic carbocycles. The Hall–Kier alpha value is -2.08. The van der Waals surface area contributed by atoms with E-state index < -0.39 is 0 Å². The molecule has 0 radical (unpaired) electrons. The number of carbonyl (C=O) groups is 1. The van der Waals surface area contributed by atoms with Crippen molar-refractivity contribution in [3.63, 3.8) is 0 Å². The summed E-state index contributed by atoms with van der Waals surface area (Å²) in [6, 6.07) is 8.03. The molecule has 0 saturated carbocycles. The van der Waals surface area contributed by atoms with Crippen molar-refractivity contribution >= 4 is 17.6 Å². The summed E-state index contributed by atoms with van der Waals surface area (Å²) in [5, 5.41) is 6.25. The van der Waals surface area contributed by atoms with E-state index in [0.717, 1.165) is 25.2 Å². The highest BCUT2D eigenvalue weighted by Crippen LogP contribution is 2.27. The molecular formula is C16H24N4O2. The number of nitrogens with one attached hydrogen (secondary N) is 2. The molecule has 0 saturated heterocycles. The summed E-state index contributed by atoms with van der Waals surface area (Å²) in [5.41, 5.74) is 2.24. The summed E-state index contributed by atoms with van der Waals surface area (Å²) in [7, 11) is 1.65. The van der Waals surface area contributed by atoms with Crippen LogP contribution in [0.2, 0.25) is 0 Å². The summed E-state index contributed by atoms with van der Waals surface area (Å²) in [5.74, 6) is 0.661. The van der Waals surface area contributed by atoms with Gasteiger partial charge in [-0.2, -0.15) is 0 Å². The minimum atomic E-state index is 0.0221. The van der Waals surface area contributed by atoms with Crippen LogP contribution in [-0.2, 0) is 16.0 Å². The number of anilines is 1. The van der Waals surface area contributed by atoms with Crippen LogP contribution in [0.1, 0.15) is 12.5 Å². The SMILES string of the molecule is CCNC(=NCC(=O)N1CCc2ccccc21)NCCOC. The number of fused-ring (bicyclic) bond motifs is 1. The normalized spacial score (nSPS) is 13.9. The molecule has 1 aliphatic rings. The molecule has 2 N–H and O–H groups in total. The highest BCUT2D eigenvalue weighted by molar-refractivity contribution is 5.98. The van der Waals surface area contributed by atoms with E-state index in [1.807, 2.05) is 30.0 Å². The third-order valence-electron chi connectivity index (χ3n) is 3.50. The number of hydrogen-bond acceptors (Lipinski definition) is 3. The third-order valence-corrected chi connectivity index (χ3v) is 3.50. The predicted molar refractivity (Wildman–Crippen MR) is 88.4 cm³/mol. The zero-order valence-corrected chi connectivity index (χ0v) is 13.3. The van der Waals surface area contributed by atoms with Gasteiger partial charge in [0.2, 0.25) is 5.91 Å². The van der Waals surface area contributed by atoms with Crippen molar-refractivity contribution < 1.29 is 9.53 Å². The van der Waals surface area contributed by atoms with Crippen LogP contribution < -0.4 is 15.5 Å². The first-order valence-corrected chi connectivity index (χ1v) is 7.65. The molecule has 0 spiro atoms. The summed E-state index contributed by atoms with van der Waals surface area (Å²) in [6.45, 7) is 4.87. The minimum absolute atomic E-state index is 0.0221. The highest BCUT2D eigenvalue weighted by Gasteiger charge is 2.23. The molecule has 2 rings (SSSR count). The Morgan fingerprint density at radius 3 is 2.95 bits per heavy atom. The number of carbonyl (C=O) groups excluding carboxylic acids is 1. The highest BCUT2D eigenvalue weighted by atomic mass is 16.5. The van der Waals surface area contributed by atoms with Crippen LogP contribution in [0.25, 0.3) is 0 Å². The van der Waals surface area contributed by atoms with Gasteiger partial charge in [-0.1, -0.05) is 18.2 Å². The number of guanidine groups is 1. The fraction of sp³-hybridized carbons (Fsp3) is 0.500. The Morgan fingerprint density at radius 1 is 1.36 bits per heavy atom. The van der Waals surface area contributed by atoms with Crippen molar-refractivity contribution in [3.05, 3.63) is 29.8 Å². The van der Waals surface area contributed by atoms with Crippen molar-refractivity contribution in [3.8, 4) is 0 Å². The first-order valence-electron chi connectivity index (χ1n) is 7.65. The smallest absolute Gasteiger partial charge is 0.248 e. The van der Waals surface area contributed by atoms with E-state index >= 15 is 0 Å². The number of aliphatic imine (C=N–C) groups is 1. The van der Waals surface area contributed by atoms with Gasteiger partial charge in [0.1, 0.15) is 6.54 Å². The van der Waals surface area contributed by atoms with E-state index in [4.69, 9.17) is 4.74 Å². The van der Waals surface area contributed by atoms with E-state index in [9.17, 15) is 4.79 Å². The van der Waals surface area contributed by atoms with Gasteiger partial charge in [-0.05, 0) is 25.0 Å². The van der Waals surface area contributed by atoms with Crippen LogP contribution in [0.3, 0.4) is 0 Å². The molecule has 22 heavy (non-hydrogen) atoms. The lowest BCUT2D eigenvalue weighted by atomic mass is 10.2. The fourth-order valence-corrected chi connectivity index (χ4v) is 2.44. The predicted octanol–water partition coefficient (Wildman–Crippen LogP) is 0.777. The average Bonchev–Trinajstić information content (AvgIpc) is 2.96. The zero-order chi connectivity index (χ0) is 15.8. The van der Waals surface area contributed by atoms with Gasteiger partial charge in [0.15, 0.2) is 5.96 Å². The molecule has 1 aromatic rings. The fourth-order valence-electron chi connectivity index (χ4n) is 2.44. The molecule has 6 nitrogen and oxygen atoms in total. The molecule has 0 bridgehead atoms. The van der Waals surface area contributed by atoms with Crippen molar-refractivity contribution in [2.45, 2.75) is 13.3 Å². The second-order valence-corrected chi connectivity index (χ2v) is 5.04. The molecule has 120 valence electrons. The van der Waals surface area contributed by atoms with Gasteiger partial charge in [0.25, 0.3) is 0 Å². The maximum atomic E-state index is 12.4.